The van der Waals surface area contributed by atoms with Crippen LogP contribution in [0.2, 0.25) is 54.4 Å². The van der Waals surface area contributed by atoms with Crippen molar-refractivity contribution in [3.05, 3.63) is 0 Å². The standard InChI is InChI=1S/C36H74O16Si3/c1-34(2,3)53(10,11)45-16-19-22(37)23(38)27(42)32(49-19)52-30-21(18-47-55(14,15)36(7,8)9)50-33(28(43)25(30)40)51-29-20(48-31(44)26(41)24(29)39)17-46-54(12,13)35(4,5)6/h19-33,37-44H,16-18H2,1-15H3/t19-,20-,21-,22-,23+,24-,25-,26+,27+,28+,29-,30-,31+,32-,33-/m0/s1. The van der Waals surface area contributed by atoms with Crippen LogP contribution in [0.1, 0.15) is 62.3 Å². The molecule has 0 unspecified atom stereocenters. The molecule has 19 heteroatoms. The summed E-state index contributed by atoms with van der Waals surface area (Å²) in [4.78, 5) is 0. The number of aliphatic hydroxyl groups is 8. The second kappa shape index (κ2) is 17.9. The van der Waals surface area contributed by atoms with Gasteiger partial charge < -0.3 is 77.8 Å². The number of rotatable bonds is 13. The van der Waals surface area contributed by atoms with Crippen molar-refractivity contribution < 1.29 is 77.8 Å². The molecule has 3 aliphatic rings. The largest absolute Gasteiger partial charge is 0.414 e. The van der Waals surface area contributed by atoms with Crippen LogP contribution < -0.4 is 0 Å². The van der Waals surface area contributed by atoms with E-state index < -0.39 is 117 Å². The molecule has 0 bridgehead atoms. The monoisotopic (exact) mass is 846 g/mol. The maximum atomic E-state index is 11.7. The summed E-state index contributed by atoms with van der Waals surface area (Å²) in [7, 11) is -7.16. The van der Waals surface area contributed by atoms with Crippen LogP contribution in [0, 0.1) is 0 Å². The van der Waals surface area contributed by atoms with Crippen molar-refractivity contribution >= 4 is 25.0 Å². The van der Waals surface area contributed by atoms with Crippen molar-refractivity contribution in [1.29, 1.82) is 0 Å². The molecule has 15 atom stereocenters. The smallest absolute Gasteiger partial charge is 0.192 e. The van der Waals surface area contributed by atoms with Gasteiger partial charge in [0.15, 0.2) is 43.8 Å². The molecular weight excluding hydrogens is 773 g/mol. The fourth-order valence-corrected chi connectivity index (χ4v) is 8.58. The highest BCUT2D eigenvalue weighted by Gasteiger charge is 2.55. The lowest BCUT2D eigenvalue weighted by molar-refractivity contribution is -0.377. The van der Waals surface area contributed by atoms with Crippen LogP contribution >= 0.6 is 0 Å². The van der Waals surface area contributed by atoms with E-state index in [4.69, 9.17) is 37.0 Å². The number of aliphatic hydroxyl groups excluding tert-OH is 8. The Morgan fingerprint density at radius 3 is 1.09 bits per heavy atom. The zero-order valence-corrected chi connectivity index (χ0v) is 38.6. The number of hydrogen-bond acceptors (Lipinski definition) is 16. The third-order valence-electron chi connectivity index (χ3n) is 12.8. The summed E-state index contributed by atoms with van der Waals surface area (Å²) in [6.07, 6.45) is -23.3. The van der Waals surface area contributed by atoms with Gasteiger partial charge in [0, 0.05) is 0 Å². The SMILES string of the molecule is CC(C)(C)[Si](C)(C)OC[C@@H]1O[C@@H](O[C@@H]2[C@@H](O)[C@@H](O)[C@H](O[C@@H]3[C@@H](O)[C@@H](O)[C@H](O)O[C@H]3CO[Si](C)(C)C(C)(C)C)O[C@H]2CO[Si](C)(C)C(C)(C)C)[C@H](O)[C@H](O)[C@H]1O. The Bertz CT molecular complexity index is 1220. The van der Waals surface area contributed by atoms with Gasteiger partial charge in [0.2, 0.25) is 0 Å². The maximum Gasteiger partial charge on any atom is 0.192 e. The first-order valence-corrected chi connectivity index (χ1v) is 28.1. The molecule has 16 nitrogen and oxygen atoms in total. The Morgan fingerprint density at radius 2 is 0.709 bits per heavy atom. The quantitative estimate of drug-likeness (QED) is 0.123. The van der Waals surface area contributed by atoms with E-state index in [2.05, 4.69) is 20.8 Å². The van der Waals surface area contributed by atoms with Crippen LogP contribution in [0.4, 0.5) is 0 Å². The first kappa shape index (κ1) is 49.4. The molecule has 0 aliphatic carbocycles. The fourth-order valence-electron chi connectivity index (χ4n) is 5.54. The Hall–Kier alpha value is 0.0106. The topological polar surface area (TPSA) is 236 Å². The fraction of sp³-hybridized carbons (Fsp3) is 1.00. The molecule has 3 rings (SSSR count). The van der Waals surface area contributed by atoms with Gasteiger partial charge in [-0.25, -0.2) is 0 Å². The van der Waals surface area contributed by atoms with E-state index in [9.17, 15) is 40.9 Å². The second-order valence-corrected chi connectivity index (χ2v) is 34.4. The molecule has 0 spiro atoms. The molecule has 3 fully saturated rings. The van der Waals surface area contributed by atoms with E-state index in [-0.39, 0.29) is 34.9 Å². The van der Waals surface area contributed by atoms with Gasteiger partial charge in [-0.3, -0.25) is 0 Å². The van der Waals surface area contributed by atoms with Crippen LogP contribution in [-0.2, 0) is 37.0 Å². The molecule has 326 valence electrons. The van der Waals surface area contributed by atoms with Crippen molar-refractivity contribution in [2.45, 2.75) is 209 Å². The average molecular weight is 847 g/mol. The normalized spacial score (nSPS) is 39.0. The molecule has 0 saturated carbocycles. The third kappa shape index (κ3) is 11.4. The summed E-state index contributed by atoms with van der Waals surface area (Å²) < 4.78 is 49.2. The molecule has 55 heavy (non-hydrogen) atoms. The Labute approximate surface area is 330 Å². The molecule has 0 aromatic heterocycles. The highest BCUT2D eigenvalue weighted by molar-refractivity contribution is 6.74. The predicted molar refractivity (Wildman–Crippen MR) is 209 cm³/mol. The first-order valence-electron chi connectivity index (χ1n) is 19.4. The van der Waals surface area contributed by atoms with Crippen LogP contribution in [0.25, 0.3) is 0 Å². The summed E-state index contributed by atoms with van der Waals surface area (Å²) in [5.41, 5.74) is 0. The lowest BCUT2D eigenvalue weighted by Crippen LogP contribution is -2.67. The van der Waals surface area contributed by atoms with Gasteiger partial charge in [-0.05, 0) is 54.4 Å². The summed E-state index contributed by atoms with van der Waals surface area (Å²) in [5, 5.41) is 87.4. The summed E-state index contributed by atoms with van der Waals surface area (Å²) in [5.74, 6) is 0. The zero-order chi connectivity index (χ0) is 42.4. The second-order valence-electron chi connectivity index (χ2n) is 20.0. The Balaban J connectivity index is 1.91. The highest BCUT2D eigenvalue weighted by Crippen LogP contribution is 2.41. The average Bonchev–Trinajstić information content (AvgIpc) is 3.04. The van der Waals surface area contributed by atoms with E-state index in [0.29, 0.717) is 0 Å². The van der Waals surface area contributed by atoms with Crippen molar-refractivity contribution in [3.63, 3.8) is 0 Å². The third-order valence-corrected chi connectivity index (χ3v) is 26.3. The minimum atomic E-state index is -2.47. The molecule has 0 radical (unpaired) electrons. The number of ether oxygens (including phenoxy) is 5. The summed E-state index contributed by atoms with van der Waals surface area (Å²) in [6, 6.07) is 0. The van der Waals surface area contributed by atoms with E-state index >= 15 is 0 Å². The summed E-state index contributed by atoms with van der Waals surface area (Å²) >= 11 is 0. The summed E-state index contributed by atoms with van der Waals surface area (Å²) in [6.45, 7) is 30.1. The maximum absolute atomic E-state index is 11.7. The van der Waals surface area contributed by atoms with Gasteiger partial charge in [-0.15, -0.1) is 0 Å². The lowest BCUT2D eigenvalue weighted by atomic mass is 9.96. The minimum absolute atomic E-state index is 0.103. The van der Waals surface area contributed by atoms with Gasteiger partial charge in [-0.1, -0.05) is 62.3 Å². The molecule has 8 N–H and O–H groups in total. The Kier molecular flexibility index (Phi) is 16.1. The zero-order valence-electron chi connectivity index (χ0n) is 35.6. The van der Waals surface area contributed by atoms with Crippen molar-refractivity contribution in [3.8, 4) is 0 Å². The molecule has 0 aromatic carbocycles. The predicted octanol–water partition coefficient (Wildman–Crippen LogP) is 1.52. The molecule has 0 amide bonds. The Morgan fingerprint density at radius 1 is 0.400 bits per heavy atom. The molecule has 3 heterocycles. The van der Waals surface area contributed by atoms with Gasteiger partial charge in [0.1, 0.15) is 73.2 Å². The van der Waals surface area contributed by atoms with Crippen molar-refractivity contribution in [1.82, 2.24) is 0 Å². The number of hydrogen-bond donors (Lipinski definition) is 8. The molecular formula is C36H74O16Si3. The van der Waals surface area contributed by atoms with Crippen LogP contribution in [0.15, 0.2) is 0 Å². The lowest BCUT2D eigenvalue weighted by Gasteiger charge is -2.49. The molecule has 3 saturated heterocycles. The van der Waals surface area contributed by atoms with Crippen molar-refractivity contribution in [2.75, 3.05) is 19.8 Å². The van der Waals surface area contributed by atoms with E-state index in [1.807, 2.05) is 80.8 Å². The van der Waals surface area contributed by atoms with Gasteiger partial charge in [0.25, 0.3) is 0 Å². The van der Waals surface area contributed by atoms with Crippen LogP contribution in [0.3, 0.4) is 0 Å². The molecule has 3 aliphatic heterocycles. The van der Waals surface area contributed by atoms with E-state index in [1.54, 1.807) is 0 Å². The van der Waals surface area contributed by atoms with E-state index in [1.165, 1.54) is 0 Å². The van der Waals surface area contributed by atoms with Gasteiger partial charge in [-0.2, -0.15) is 0 Å². The minimum Gasteiger partial charge on any atom is -0.414 e. The highest BCUT2D eigenvalue weighted by atomic mass is 28.4. The molecule has 0 aromatic rings. The van der Waals surface area contributed by atoms with Crippen LogP contribution in [-0.4, -0.2) is 178 Å². The first-order chi connectivity index (χ1) is 24.7. The van der Waals surface area contributed by atoms with Crippen LogP contribution in [0.5, 0.6) is 0 Å². The van der Waals surface area contributed by atoms with Crippen molar-refractivity contribution in [2.24, 2.45) is 0 Å². The van der Waals surface area contributed by atoms with Gasteiger partial charge in [0.05, 0.1) is 19.8 Å². The van der Waals surface area contributed by atoms with Gasteiger partial charge >= 0.3 is 0 Å². The van der Waals surface area contributed by atoms with E-state index in [0.717, 1.165) is 0 Å².